The van der Waals surface area contributed by atoms with Crippen LogP contribution in [-0.2, 0) is 22.5 Å². The van der Waals surface area contributed by atoms with Gasteiger partial charge in [0, 0.05) is 17.6 Å². The fourth-order valence-electron chi connectivity index (χ4n) is 3.79. The van der Waals surface area contributed by atoms with Crippen LogP contribution in [0.5, 0.6) is 0 Å². The molecular weight excluding hydrogens is 406 g/mol. The molecule has 0 amide bonds. The highest BCUT2D eigenvalue weighted by Crippen LogP contribution is 2.39. The molecule has 0 saturated carbocycles. The van der Waals surface area contributed by atoms with Crippen LogP contribution in [0.3, 0.4) is 0 Å². The van der Waals surface area contributed by atoms with Gasteiger partial charge < -0.3 is 9.84 Å². The Hall–Kier alpha value is -1.69. The van der Waals surface area contributed by atoms with Crippen molar-refractivity contribution in [2.24, 2.45) is 5.41 Å². The summed E-state index contributed by atoms with van der Waals surface area (Å²) < 4.78 is 6.34. The zero-order valence-electron chi connectivity index (χ0n) is 15.6. The molecule has 1 N–H and O–H groups in total. The van der Waals surface area contributed by atoms with E-state index in [-0.39, 0.29) is 5.97 Å². The smallest absolute Gasteiger partial charge is 0.315 e. The lowest BCUT2D eigenvalue weighted by Crippen LogP contribution is -2.56. The van der Waals surface area contributed by atoms with E-state index in [1.165, 1.54) is 5.56 Å². The maximum absolute atomic E-state index is 12.9. The molecule has 0 aliphatic carbocycles. The summed E-state index contributed by atoms with van der Waals surface area (Å²) in [4.78, 5) is 15.1. The average Bonchev–Trinajstić information content (AvgIpc) is 2.67. The van der Waals surface area contributed by atoms with Gasteiger partial charge in [-0.3, -0.25) is 9.69 Å². The first kappa shape index (κ1) is 20.1. The maximum atomic E-state index is 12.9. The Morgan fingerprint density at radius 1 is 1.22 bits per heavy atom. The molecule has 2 aromatic carbocycles. The number of aliphatic hydroxyl groups excluding tert-OH is 1. The number of aliphatic hydroxyl groups is 1. The standard InChI is InChI=1S/C22H26BrNO3/c1-2-27-21(26)22(14-18-10-6-7-11-19(18)23)12-13-24(16-20(22)25)15-17-8-4-3-5-9-17/h3-11,20,25H,2,12-16H2,1H3. The number of hydrogen-bond donors (Lipinski definition) is 1. The molecule has 0 bridgehead atoms. The van der Waals surface area contributed by atoms with E-state index in [4.69, 9.17) is 4.74 Å². The maximum Gasteiger partial charge on any atom is 0.315 e. The number of piperidine rings is 1. The molecule has 2 unspecified atom stereocenters. The van der Waals surface area contributed by atoms with Crippen molar-refractivity contribution in [2.45, 2.75) is 32.4 Å². The summed E-state index contributed by atoms with van der Waals surface area (Å²) >= 11 is 3.57. The van der Waals surface area contributed by atoms with Crippen LogP contribution in [0.4, 0.5) is 0 Å². The lowest BCUT2D eigenvalue weighted by molar-refractivity contribution is -0.169. The fourth-order valence-corrected chi connectivity index (χ4v) is 4.22. The highest BCUT2D eigenvalue weighted by Gasteiger charge is 2.49. The third-order valence-corrected chi connectivity index (χ3v) is 6.11. The quantitative estimate of drug-likeness (QED) is 0.706. The number of rotatable bonds is 6. The summed E-state index contributed by atoms with van der Waals surface area (Å²) in [7, 11) is 0. The summed E-state index contributed by atoms with van der Waals surface area (Å²) in [6.07, 6.45) is 0.260. The Labute approximate surface area is 169 Å². The number of ether oxygens (including phenoxy) is 1. The Bertz CT molecular complexity index is 767. The minimum atomic E-state index is -0.910. The largest absolute Gasteiger partial charge is 0.465 e. The molecule has 0 spiro atoms. The third-order valence-electron chi connectivity index (χ3n) is 5.34. The van der Waals surface area contributed by atoms with E-state index in [0.29, 0.717) is 26.0 Å². The van der Waals surface area contributed by atoms with Gasteiger partial charge in [0.25, 0.3) is 0 Å². The molecule has 1 heterocycles. The summed E-state index contributed by atoms with van der Waals surface area (Å²) in [5, 5.41) is 11.1. The van der Waals surface area contributed by atoms with Crippen LogP contribution in [0.15, 0.2) is 59.1 Å². The molecule has 1 aliphatic heterocycles. The van der Waals surface area contributed by atoms with E-state index in [2.05, 4.69) is 33.0 Å². The minimum Gasteiger partial charge on any atom is -0.465 e. The molecule has 1 aliphatic rings. The molecule has 0 aromatic heterocycles. The second-order valence-corrected chi connectivity index (χ2v) is 7.99. The fraction of sp³-hybridized carbons (Fsp3) is 0.409. The number of esters is 1. The summed E-state index contributed by atoms with van der Waals surface area (Å²) in [6.45, 7) is 4.09. The van der Waals surface area contributed by atoms with Crippen molar-refractivity contribution in [3.05, 3.63) is 70.2 Å². The van der Waals surface area contributed by atoms with E-state index in [1.54, 1.807) is 6.92 Å². The number of hydrogen-bond acceptors (Lipinski definition) is 4. The molecule has 1 saturated heterocycles. The number of carbonyl (C=O) groups excluding carboxylic acids is 1. The number of carbonyl (C=O) groups is 1. The van der Waals surface area contributed by atoms with Crippen LogP contribution in [0.2, 0.25) is 0 Å². The molecule has 1 fully saturated rings. The van der Waals surface area contributed by atoms with Crippen molar-refractivity contribution in [1.29, 1.82) is 0 Å². The van der Waals surface area contributed by atoms with Gasteiger partial charge in [-0.05, 0) is 43.5 Å². The molecule has 144 valence electrons. The lowest BCUT2D eigenvalue weighted by Gasteiger charge is -2.44. The highest BCUT2D eigenvalue weighted by molar-refractivity contribution is 9.10. The van der Waals surface area contributed by atoms with Crippen LogP contribution in [0.25, 0.3) is 0 Å². The van der Waals surface area contributed by atoms with Crippen molar-refractivity contribution in [3.63, 3.8) is 0 Å². The summed E-state index contributed by atoms with van der Waals surface area (Å²) in [5.41, 5.74) is 1.31. The van der Waals surface area contributed by atoms with E-state index >= 15 is 0 Å². The first-order chi connectivity index (χ1) is 13.0. The normalized spacial score (nSPS) is 23.1. The van der Waals surface area contributed by atoms with Gasteiger partial charge in [0.2, 0.25) is 0 Å². The predicted octanol–water partition coefficient (Wildman–Crippen LogP) is 3.81. The number of nitrogens with zero attached hydrogens (tertiary/aromatic N) is 1. The number of benzene rings is 2. The number of halogens is 1. The van der Waals surface area contributed by atoms with Crippen LogP contribution < -0.4 is 0 Å². The van der Waals surface area contributed by atoms with Crippen LogP contribution >= 0.6 is 15.9 Å². The molecule has 4 nitrogen and oxygen atoms in total. The Balaban J connectivity index is 1.80. The molecule has 3 rings (SSSR count). The van der Waals surface area contributed by atoms with Crippen LogP contribution in [0, 0.1) is 5.41 Å². The topological polar surface area (TPSA) is 49.8 Å². The van der Waals surface area contributed by atoms with Gasteiger partial charge in [0.05, 0.1) is 12.7 Å². The first-order valence-electron chi connectivity index (χ1n) is 9.40. The molecule has 27 heavy (non-hydrogen) atoms. The van der Waals surface area contributed by atoms with Gasteiger partial charge in [0.1, 0.15) is 5.41 Å². The monoisotopic (exact) mass is 431 g/mol. The molecule has 0 radical (unpaired) electrons. The zero-order chi connectivity index (χ0) is 19.3. The predicted molar refractivity (Wildman–Crippen MR) is 109 cm³/mol. The van der Waals surface area contributed by atoms with Crippen molar-refractivity contribution in [1.82, 2.24) is 4.90 Å². The van der Waals surface area contributed by atoms with E-state index in [1.807, 2.05) is 42.5 Å². The Morgan fingerprint density at radius 3 is 2.59 bits per heavy atom. The second kappa shape index (κ2) is 9.00. The van der Waals surface area contributed by atoms with Crippen LogP contribution in [0.1, 0.15) is 24.5 Å². The second-order valence-electron chi connectivity index (χ2n) is 7.13. The van der Waals surface area contributed by atoms with Gasteiger partial charge in [-0.25, -0.2) is 0 Å². The Morgan fingerprint density at radius 2 is 1.93 bits per heavy atom. The lowest BCUT2D eigenvalue weighted by atomic mass is 9.71. The SMILES string of the molecule is CCOC(=O)C1(Cc2ccccc2Br)CCN(Cc2ccccc2)CC1O. The van der Waals surface area contributed by atoms with Crippen LogP contribution in [-0.4, -0.2) is 41.8 Å². The van der Waals surface area contributed by atoms with E-state index in [9.17, 15) is 9.90 Å². The molecule has 2 atom stereocenters. The van der Waals surface area contributed by atoms with Gasteiger partial charge in [-0.15, -0.1) is 0 Å². The molecular formula is C22H26BrNO3. The van der Waals surface area contributed by atoms with E-state index in [0.717, 1.165) is 23.1 Å². The number of β-amino-alcohol motifs (C(OH)–C–C–N with tert-alkyl or cyclic N) is 1. The average molecular weight is 432 g/mol. The highest BCUT2D eigenvalue weighted by atomic mass is 79.9. The van der Waals surface area contributed by atoms with Crippen molar-refractivity contribution >= 4 is 21.9 Å². The van der Waals surface area contributed by atoms with Crippen molar-refractivity contribution in [3.8, 4) is 0 Å². The number of likely N-dealkylation sites (tertiary alicyclic amines) is 1. The van der Waals surface area contributed by atoms with E-state index < -0.39 is 11.5 Å². The Kier molecular flexibility index (Phi) is 6.68. The zero-order valence-corrected chi connectivity index (χ0v) is 17.2. The van der Waals surface area contributed by atoms with Gasteiger partial charge in [-0.1, -0.05) is 64.5 Å². The molecule has 5 heteroatoms. The van der Waals surface area contributed by atoms with Gasteiger partial charge in [0.15, 0.2) is 0 Å². The van der Waals surface area contributed by atoms with Crippen molar-refractivity contribution < 1.29 is 14.6 Å². The third kappa shape index (κ3) is 4.60. The summed E-state index contributed by atoms with van der Waals surface area (Å²) in [6, 6.07) is 18.1. The summed E-state index contributed by atoms with van der Waals surface area (Å²) in [5.74, 6) is -0.299. The van der Waals surface area contributed by atoms with Gasteiger partial charge >= 0.3 is 5.97 Å². The minimum absolute atomic E-state index is 0.299. The van der Waals surface area contributed by atoms with Crippen molar-refractivity contribution in [2.75, 3.05) is 19.7 Å². The molecule has 2 aromatic rings. The van der Waals surface area contributed by atoms with Gasteiger partial charge in [-0.2, -0.15) is 0 Å². The first-order valence-corrected chi connectivity index (χ1v) is 10.2.